The van der Waals surface area contributed by atoms with Gasteiger partial charge >= 0.3 is 6.03 Å². The number of hydrogen-bond donors (Lipinski definition) is 3. The number of guanidine groups is 1. The summed E-state index contributed by atoms with van der Waals surface area (Å²) in [5.74, 6) is 0.405. The van der Waals surface area contributed by atoms with Gasteiger partial charge in [0.1, 0.15) is 11.8 Å². The first kappa shape index (κ1) is 27.2. The second-order valence-corrected chi connectivity index (χ2v) is 10.3. The maximum atomic E-state index is 12.5. The standard InChI is InChI=1S/C30H34ClN5O2/c1-30(21-37,26-11-5-9-24(17-26)25-10-6-12-27(31)18-25)35-28(32)34-19-23-14-16-36(20-23)29(38)33-15-13-22-7-3-2-4-8-22/h2-12,17-18,21,23H,13-16,19-20H2,1H3,(H,33,38)(H3,32,34,35)/t23-,30?/m1/s1. The number of aliphatic imine (C=N–C) groups is 1. The van der Waals surface area contributed by atoms with Gasteiger partial charge in [0.2, 0.25) is 0 Å². The van der Waals surface area contributed by atoms with Gasteiger partial charge in [0, 0.05) is 31.2 Å². The van der Waals surface area contributed by atoms with E-state index in [2.05, 4.69) is 27.8 Å². The van der Waals surface area contributed by atoms with Gasteiger partial charge in [0.15, 0.2) is 5.96 Å². The van der Waals surface area contributed by atoms with Crippen LogP contribution in [0.5, 0.6) is 0 Å². The minimum atomic E-state index is -1.05. The molecule has 8 heteroatoms. The van der Waals surface area contributed by atoms with Crippen molar-refractivity contribution < 1.29 is 9.59 Å². The van der Waals surface area contributed by atoms with E-state index < -0.39 is 5.54 Å². The number of likely N-dealkylation sites (tertiary alicyclic amines) is 1. The summed E-state index contributed by atoms with van der Waals surface area (Å²) in [5.41, 5.74) is 9.02. The summed E-state index contributed by atoms with van der Waals surface area (Å²) < 4.78 is 0. The number of urea groups is 1. The average molecular weight is 532 g/mol. The Labute approximate surface area is 229 Å². The maximum Gasteiger partial charge on any atom is 0.317 e. The van der Waals surface area contributed by atoms with Gasteiger partial charge in [-0.1, -0.05) is 72.3 Å². The molecule has 0 saturated carbocycles. The van der Waals surface area contributed by atoms with Crippen molar-refractivity contribution in [3.63, 3.8) is 0 Å². The van der Waals surface area contributed by atoms with Crippen molar-refractivity contribution in [1.82, 2.24) is 15.5 Å². The van der Waals surface area contributed by atoms with Gasteiger partial charge in [0.25, 0.3) is 0 Å². The zero-order valence-corrected chi connectivity index (χ0v) is 22.3. The molecular formula is C30H34ClN5O2. The third-order valence-electron chi connectivity index (χ3n) is 6.87. The molecular weight excluding hydrogens is 498 g/mol. The van der Waals surface area contributed by atoms with Gasteiger partial charge < -0.3 is 26.1 Å². The first-order chi connectivity index (χ1) is 18.4. The van der Waals surface area contributed by atoms with Crippen LogP contribution in [-0.2, 0) is 16.8 Å². The van der Waals surface area contributed by atoms with E-state index in [4.69, 9.17) is 17.3 Å². The fraction of sp³-hybridized carbons (Fsp3) is 0.300. The zero-order valence-electron chi connectivity index (χ0n) is 21.6. The third kappa shape index (κ3) is 7.13. The average Bonchev–Trinajstić information content (AvgIpc) is 3.42. The molecule has 0 spiro atoms. The fourth-order valence-corrected chi connectivity index (χ4v) is 4.82. The largest absolute Gasteiger partial charge is 0.370 e. The summed E-state index contributed by atoms with van der Waals surface area (Å²) in [6.45, 7) is 4.16. The molecule has 2 atom stereocenters. The minimum Gasteiger partial charge on any atom is -0.370 e. The Bertz CT molecular complexity index is 1280. The van der Waals surface area contributed by atoms with Crippen molar-refractivity contribution in [2.75, 3.05) is 26.2 Å². The molecule has 1 aliphatic rings. The van der Waals surface area contributed by atoms with Crippen LogP contribution in [0.3, 0.4) is 0 Å². The molecule has 1 saturated heterocycles. The van der Waals surface area contributed by atoms with Crippen molar-refractivity contribution in [3.05, 3.63) is 95.0 Å². The predicted molar refractivity (Wildman–Crippen MR) is 153 cm³/mol. The van der Waals surface area contributed by atoms with Crippen molar-refractivity contribution in [3.8, 4) is 11.1 Å². The van der Waals surface area contributed by atoms with Gasteiger partial charge in [-0.2, -0.15) is 0 Å². The van der Waals surface area contributed by atoms with Crippen LogP contribution in [0.2, 0.25) is 5.02 Å². The third-order valence-corrected chi connectivity index (χ3v) is 7.10. The molecule has 38 heavy (non-hydrogen) atoms. The number of amides is 2. The lowest BCUT2D eigenvalue weighted by molar-refractivity contribution is -0.112. The summed E-state index contributed by atoms with van der Waals surface area (Å²) in [5, 5.41) is 6.74. The number of nitrogens with zero attached hydrogens (tertiary/aromatic N) is 2. The number of halogens is 1. The molecule has 198 valence electrons. The first-order valence-electron chi connectivity index (χ1n) is 12.8. The summed E-state index contributed by atoms with van der Waals surface area (Å²) >= 11 is 6.15. The maximum absolute atomic E-state index is 12.5. The number of nitrogens with two attached hydrogens (primary N) is 1. The highest BCUT2D eigenvalue weighted by Crippen LogP contribution is 2.27. The van der Waals surface area contributed by atoms with Gasteiger partial charge in [-0.05, 0) is 66.1 Å². The number of hydrogen-bond acceptors (Lipinski definition) is 3. The second-order valence-electron chi connectivity index (χ2n) is 9.83. The summed E-state index contributed by atoms with van der Waals surface area (Å²) in [6, 6.07) is 25.3. The SMILES string of the molecule is CC(C=O)(NC(N)=NC[C@H]1CCN(C(=O)NCCc2ccccc2)C1)c1cccc(-c2cccc(Cl)c2)c1. The number of nitrogens with one attached hydrogen (secondary N) is 2. The highest BCUT2D eigenvalue weighted by molar-refractivity contribution is 6.30. The van der Waals surface area contributed by atoms with Crippen LogP contribution < -0.4 is 16.4 Å². The molecule has 0 bridgehead atoms. The topological polar surface area (TPSA) is 99.8 Å². The summed E-state index contributed by atoms with van der Waals surface area (Å²) in [6.07, 6.45) is 2.49. The molecule has 0 radical (unpaired) electrons. The molecule has 2 amide bonds. The number of carbonyl (C=O) groups is 2. The van der Waals surface area contributed by atoms with Crippen LogP contribution in [0.25, 0.3) is 11.1 Å². The Morgan fingerprint density at radius 3 is 2.58 bits per heavy atom. The Hall–Kier alpha value is -3.84. The Morgan fingerprint density at radius 1 is 1.11 bits per heavy atom. The van der Waals surface area contributed by atoms with Crippen molar-refractivity contribution in [2.45, 2.75) is 25.3 Å². The molecule has 1 aliphatic heterocycles. The van der Waals surface area contributed by atoms with Crippen LogP contribution in [0.1, 0.15) is 24.5 Å². The highest BCUT2D eigenvalue weighted by atomic mass is 35.5. The lowest BCUT2D eigenvalue weighted by Crippen LogP contribution is -2.48. The zero-order chi connectivity index (χ0) is 27.0. The number of rotatable bonds is 9. The molecule has 1 fully saturated rings. The monoisotopic (exact) mass is 531 g/mol. The van der Waals surface area contributed by atoms with E-state index in [0.717, 1.165) is 35.8 Å². The van der Waals surface area contributed by atoms with Crippen molar-refractivity contribution in [1.29, 1.82) is 0 Å². The minimum absolute atomic E-state index is 0.0494. The van der Waals surface area contributed by atoms with E-state index in [1.165, 1.54) is 5.56 Å². The lowest BCUT2D eigenvalue weighted by atomic mass is 9.91. The van der Waals surface area contributed by atoms with E-state index in [9.17, 15) is 9.59 Å². The number of benzene rings is 3. The first-order valence-corrected chi connectivity index (χ1v) is 13.2. The van der Waals surface area contributed by atoms with Crippen LogP contribution >= 0.6 is 11.6 Å². The molecule has 3 aromatic carbocycles. The molecule has 0 aliphatic carbocycles. The predicted octanol–water partition coefficient (Wildman–Crippen LogP) is 4.60. The van der Waals surface area contributed by atoms with Crippen molar-refractivity contribution in [2.24, 2.45) is 16.6 Å². The molecule has 1 heterocycles. The lowest BCUT2D eigenvalue weighted by Gasteiger charge is -2.26. The van der Waals surface area contributed by atoms with E-state index >= 15 is 0 Å². The molecule has 7 nitrogen and oxygen atoms in total. The van der Waals surface area contributed by atoms with Crippen LogP contribution in [0.15, 0.2) is 83.9 Å². The highest BCUT2D eigenvalue weighted by Gasteiger charge is 2.28. The van der Waals surface area contributed by atoms with Crippen molar-refractivity contribution >= 4 is 29.9 Å². The fourth-order valence-electron chi connectivity index (χ4n) is 4.63. The normalized spacial score (nSPS) is 17.1. The van der Waals surface area contributed by atoms with Gasteiger partial charge in [-0.3, -0.25) is 4.99 Å². The Balaban J connectivity index is 1.30. The summed E-state index contributed by atoms with van der Waals surface area (Å²) in [4.78, 5) is 31.0. The Kier molecular flexibility index (Phi) is 9.02. The van der Waals surface area contributed by atoms with Crippen LogP contribution in [-0.4, -0.2) is 49.4 Å². The van der Waals surface area contributed by atoms with E-state index in [-0.39, 0.29) is 17.9 Å². The van der Waals surface area contributed by atoms with E-state index in [1.54, 1.807) is 6.92 Å². The van der Waals surface area contributed by atoms with Gasteiger partial charge in [0.05, 0.1) is 0 Å². The summed E-state index contributed by atoms with van der Waals surface area (Å²) in [7, 11) is 0. The molecule has 4 rings (SSSR count). The van der Waals surface area contributed by atoms with Gasteiger partial charge in [-0.25, -0.2) is 4.79 Å². The van der Waals surface area contributed by atoms with E-state index in [1.807, 2.05) is 71.6 Å². The number of aldehydes is 1. The quantitative estimate of drug-likeness (QED) is 0.213. The van der Waals surface area contributed by atoms with Crippen LogP contribution in [0, 0.1) is 5.92 Å². The van der Waals surface area contributed by atoms with Crippen LogP contribution in [0.4, 0.5) is 4.79 Å². The molecule has 0 aromatic heterocycles. The van der Waals surface area contributed by atoms with E-state index in [0.29, 0.717) is 31.2 Å². The Morgan fingerprint density at radius 2 is 1.84 bits per heavy atom. The van der Waals surface area contributed by atoms with Gasteiger partial charge in [-0.15, -0.1) is 0 Å². The molecule has 3 aromatic rings. The molecule has 1 unspecified atom stereocenters. The smallest absolute Gasteiger partial charge is 0.317 e. The molecule has 4 N–H and O–H groups in total. The number of carbonyl (C=O) groups excluding carboxylic acids is 2. The second kappa shape index (κ2) is 12.6.